The average Bonchev–Trinajstić information content (AvgIpc) is 3.12. The van der Waals surface area contributed by atoms with E-state index in [1.54, 1.807) is 5.12 Å². The van der Waals surface area contributed by atoms with Crippen molar-refractivity contribution in [1.82, 2.24) is 5.43 Å². The highest BCUT2D eigenvalue weighted by molar-refractivity contribution is 6.31. The molecule has 0 bridgehead atoms. The Bertz CT molecular complexity index is 959. The van der Waals surface area contributed by atoms with Gasteiger partial charge in [-0.05, 0) is 48.4 Å². The van der Waals surface area contributed by atoms with Gasteiger partial charge in [0.05, 0.1) is 11.4 Å². The van der Waals surface area contributed by atoms with E-state index in [-0.39, 0.29) is 0 Å². The molecule has 1 N–H and O–H groups in total. The number of amidine groups is 1. The van der Waals surface area contributed by atoms with E-state index >= 15 is 0 Å². The van der Waals surface area contributed by atoms with E-state index in [9.17, 15) is 0 Å². The molecule has 1 heterocycles. The van der Waals surface area contributed by atoms with E-state index in [0.29, 0.717) is 10.0 Å². The summed E-state index contributed by atoms with van der Waals surface area (Å²) in [6, 6.07) is 25.6. The number of hydrazone groups is 1. The summed E-state index contributed by atoms with van der Waals surface area (Å²) in [6.07, 6.45) is 1.69. The first-order chi connectivity index (χ1) is 13.2. The van der Waals surface area contributed by atoms with Crippen molar-refractivity contribution in [2.24, 2.45) is 5.10 Å². The molecule has 3 aromatic rings. The van der Waals surface area contributed by atoms with Crippen molar-refractivity contribution in [2.45, 2.75) is 12.8 Å². The minimum absolute atomic E-state index is 0.659. The van der Waals surface area contributed by atoms with Gasteiger partial charge in [-0.2, -0.15) is 10.2 Å². The molecular formula is C21H18Cl2N4. The molecule has 0 amide bonds. The molecule has 0 aromatic heterocycles. The Morgan fingerprint density at radius 1 is 0.741 bits per heavy atom. The summed E-state index contributed by atoms with van der Waals surface area (Å²) < 4.78 is 0. The summed E-state index contributed by atoms with van der Waals surface area (Å²) in [5.41, 5.74) is 6.41. The maximum atomic E-state index is 6.19. The van der Waals surface area contributed by atoms with Crippen molar-refractivity contribution >= 4 is 40.4 Å². The molecule has 0 unspecified atom stereocenters. The number of aryl methyl sites for hydroxylation is 1. The fourth-order valence-electron chi connectivity index (χ4n) is 2.92. The highest BCUT2D eigenvalue weighted by atomic mass is 35.5. The fourth-order valence-corrected chi connectivity index (χ4v) is 3.29. The summed E-state index contributed by atoms with van der Waals surface area (Å²) in [6.45, 7) is 0. The molecule has 4 rings (SSSR count). The summed E-state index contributed by atoms with van der Waals surface area (Å²) in [5, 5.41) is 9.77. The van der Waals surface area contributed by atoms with Crippen LogP contribution in [0.2, 0.25) is 10.0 Å². The largest absolute Gasteiger partial charge is 0.263 e. The molecule has 27 heavy (non-hydrogen) atoms. The second-order valence-corrected chi connectivity index (χ2v) is 7.08. The van der Waals surface area contributed by atoms with Crippen LogP contribution in [0.5, 0.6) is 0 Å². The van der Waals surface area contributed by atoms with E-state index in [1.165, 1.54) is 5.56 Å². The van der Waals surface area contributed by atoms with Gasteiger partial charge in [0.1, 0.15) is 5.84 Å². The molecule has 3 aromatic carbocycles. The second kappa shape index (κ2) is 7.91. The minimum atomic E-state index is 0.659. The molecule has 0 atom stereocenters. The number of nitrogens with zero attached hydrogens (tertiary/aromatic N) is 3. The van der Waals surface area contributed by atoms with Gasteiger partial charge >= 0.3 is 0 Å². The van der Waals surface area contributed by atoms with Crippen LogP contribution in [0.1, 0.15) is 12.0 Å². The molecule has 0 aliphatic carbocycles. The lowest BCUT2D eigenvalue weighted by Gasteiger charge is -2.28. The van der Waals surface area contributed by atoms with Crippen LogP contribution in [0.25, 0.3) is 0 Å². The first-order valence-corrected chi connectivity index (χ1v) is 9.44. The van der Waals surface area contributed by atoms with Crippen LogP contribution in [0.3, 0.4) is 0 Å². The van der Waals surface area contributed by atoms with Gasteiger partial charge in [0.25, 0.3) is 0 Å². The van der Waals surface area contributed by atoms with Crippen molar-refractivity contribution in [2.75, 3.05) is 10.2 Å². The molecule has 0 spiro atoms. The summed E-state index contributed by atoms with van der Waals surface area (Å²) in [7, 11) is 0. The van der Waals surface area contributed by atoms with Gasteiger partial charge in [0.2, 0.25) is 0 Å². The SMILES string of the molecule is Clc1cccc(N2N=C(CCc3ccccc3)NN2c2cccc(Cl)c2)c1. The van der Waals surface area contributed by atoms with Crippen LogP contribution in [0.15, 0.2) is 84.0 Å². The number of nitrogens with one attached hydrogen (secondary N) is 1. The lowest BCUT2D eigenvalue weighted by atomic mass is 10.1. The van der Waals surface area contributed by atoms with E-state index in [2.05, 4.69) is 29.7 Å². The van der Waals surface area contributed by atoms with Gasteiger partial charge in [-0.3, -0.25) is 5.43 Å². The third-order valence-corrected chi connectivity index (χ3v) is 4.70. The van der Waals surface area contributed by atoms with Gasteiger partial charge in [-0.1, -0.05) is 65.7 Å². The molecule has 4 nitrogen and oxygen atoms in total. The van der Waals surface area contributed by atoms with Crippen LogP contribution >= 0.6 is 23.2 Å². The van der Waals surface area contributed by atoms with E-state index in [4.69, 9.17) is 28.3 Å². The van der Waals surface area contributed by atoms with Gasteiger partial charge in [0.15, 0.2) is 0 Å². The first kappa shape index (κ1) is 17.7. The lowest BCUT2D eigenvalue weighted by molar-refractivity contribution is 0.767. The second-order valence-electron chi connectivity index (χ2n) is 6.21. The summed E-state index contributed by atoms with van der Waals surface area (Å²) in [4.78, 5) is 0. The van der Waals surface area contributed by atoms with Gasteiger partial charge in [-0.15, -0.1) is 5.10 Å². The van der Waals surface area contributed by atoms with E-state index in [0.717, 1.165) is 30.1 Å². The van der Waals surface area contributed by atoms with Crippen molar-refractivity contribution < 1.29 is 0 Å². The van der Waals surface area contributed by atoms with Crippen LogP contribution in [-0.4, -0.2) is 5.84 Å². The fraction of sp³-hybridized carbons (Fsp3) is 0.0952. The number of hydrogen-bond acceptors (Lipinski definition) is 4. The Hall–Kier alpha value is -2.69. The molecule has 0 saturated heterocycles. The number of benzene rings is 3. The average molecular weight is 397 g/mol. The normalized spacial score (nSPS) is 13.5. The van der Waals surface area contributed by atoms with Crippen molar-refractivity contribution in [3.05, 3.63) is 94.5 Å². The van der Waals surface area contributed by atoms with Crippen LogP contribution in [0, 0.1) is 0 Å². The Labute approximate surface area is 168 Å². The Balaban J connectivity index is 1.61. The first-order valence-electron chi connectivity index (χ1n) is 8.68. The lowest BCUT2D eigenvalue weighted by Crippen LogP contribution is -2.44. The Kier molecular flexibility index (Phi) is 5.19. The molecule has 0 fully saturated rings. The van der Waals surface area contributed by atoms with Crippen molar-refractivity contribution in [3.63, 3.8) is 0 Å². The van der Waals surface area contributed by atoms with Gasteiger partial charge in [0, 0.05) is 16.5 Å². The third kappa shape index (κ3) is 4.18. The van der Waals surface area contributed by atoms with Crippen LogP contribution < -0.4 is 15.7 Å². The van der Waals surface area contributed by atoms with Crippen molar-refractivity contribution in [3.8, 4) is 0 Å². The zero-order valence-corrected chi connectivity index (χ0v) is 16.0. The highest BCUT2D eigenvalue weighted by Gasteiger charge is 2.25. The minimum Gasteiger partial charge on any atom is -0.263 e. The molecule has 1 aliphatic rings. The number of halogens is 2. The topological polar surface area (TPSA) is 30.9 Å². The maximum absolute atomic E-state index is 6.19. The molecular weight excluding hydrogens is 379 g/mol. The molecule has 1 aliphatic heterocycles. The molecule has 6 heteroatoms. The van der Waals surface area contributed by atoms with Gasteiger partial charge in [-0.25, -0.2) is 0 Å². The van der Waals surface area contributed by atoms with Gasteiger partial charge < -0.3 is 0 Å². The summed E-state index contributed by atoms with van der Waals surface area (Å²) >= 11 is 12.4. The number of hydrogen-bond donors (Lipinski definition) is 1. The summed E-state index contributed by atoms with van der Waals surface area (Å²) in [5.74, 6) is 0.874. The van der Waals surface area contributed by atoms with Crippen LogP contribution in [-0.2, 0) is 6.42 Å². The molecule has 136 valence electrons. The quantitative estimate of drug-likeness (QED) is 0.601. The zero-order chi connectivity index (χ0) is 18.6. The number of hydrazine groups is 2. The number of rotatable bonds is 5. The highest BCUT2D eigenvalue weighted by Crippen LogP contribution is 2.28. The van der Waals surface area contributed by atoms with Crippen molar-refractivity contribution in [1.29, 1.82) is 0 Å². The predicted molar refractivity (Wildman–Crippen MR) is 113 cm³/mol. The predicted octanol–water partition coefficient (Wildman–Crippen LogP) is 5.69. The number of anilines is 2. The molecule has 0 radical (unpaired) electrons. The zero-order valence-electron chi connectivity index (χ0n) is 14.5. The Morgan fingerprint density at radius 2 is 1.41 bits per heavy atom. The van der Waals surface area contributed by atoms with E-state index < -0.39 is 0 Å². The van der Waals surface area contributed by atoms with E-state index in [1.807, 2.05) is 59.7 Å². The smallest absolute Gasteiger partial charge is 0.145 e. The van der Waals surface area contributed by atoms with Crippen LogP contribution in [0.4, 0.5) is 11.4 Å². The third-order valence-electron chi connectivity index (χ3n) is 4.23. The standard InChI is InChI=1S/C21H18Cl2N4/c22-17-8-4-10-19(14-17)26-24-21(13-12-16-6-2-1-3-7-16)25-27(26)20-11-5-9-18(23)15-20/h1-11,14-15H,12-13H2,(H,24,25). The monoisotopic (exact) mass is 396 g/mol. The maximum Gasteiger partial charge on any atom is 0.145 e. The Morgan fingerprint density at radius 3 is 2.11 bits per heavy atom. The molecule has 0 saturated carbocycles.